The average molecular weight is 510 g/mol. The van der Waals surface area contributed by atoms with E-state index < -0.39 is 11.6 Å². The molecule has 6 nitrogen and oxygen atoms in total. The van der Waals surface area contributed by atoms with Crippen molar-refractivity contribution in [2.45, 2.75) is 39.4 Å². The van der Waals surface area contributed by atoms with Crippen LogP contribution in [0.25, 0.3) is 6.08 Å². The van der Waals surface area contributed by atoms with Gasteiger partial charge in [0.2, 0.25) is 0 Å². The molecule has 0 unspecified atom stereocenters. The average Bonchev–Trinajstić information content (AvgIpc) is 2.75. The van der Waals surface area contributed by atoms with Crippen LogP contribution in [0.5, 0.6) is 0 Å². The van der Waals surface area contributed by atoms with Gasteiger partial charge in [0.05, 0.1) is 18.5 Å². The predicted molar refractivity (Wildman–Crippen MR) is 134 cm³/mol. The molecule has 1 aromatic heterocycles. The van der Waals surface area contributed by atoms with Crippen molar-refractivity contribution in [2.75, 3.05) is 12.4 Å². The summed E-state index contributed by atoms with van der Waals surface area (Å²) in [5, 5.41) is 3.18. The number of benzene rings is 2. The van der Waals surface area contributed by atoms with E-state index in [9.17, 15) is 4.79 Å². The summed E-state index contributed by atoms with van der Waals surface area (Å²) in [5.74, 6) is 0.0160. The summed E-state index contributed by atoms with van der Waals surface area (Å²) in [6.45, 7) is 5.99. The highest BCUT2D eigenvalue weighted by atomic mass is 79.9. The zero-order valence-corrected chi connectivity index (χ0v) is 20.8. The number of carbonyl (C=O) groups is 1. The molecule has 0 radical (unpaired) electrons. The van der Waals surface area contributed by atoms with E-state index in [0.29, 0.717) is 29.1 Å². The summed E-state index contributed by atoms with van der Waals surface area (Å²) in [6.07, 6.45) is 3.91. The molecule has 0 aliphatic carbocycles. The maximum absolute atomic E-state index is 13.1. The topological polar surface area (TPSA) is 73.3 Å². The van der Waals surface area contributed by atoms with Gasteiger partial charge in [-0.2, -0.15) is 0 Å². The first-order valence-corrected chi connectivity index (χ1v) is 11.4. The summed E-state index contributed by atoms with van der Waals surface area (Å²) in [5.41, 5.74) is 3.26. The standard InChI is InChI=1S/C26H28BrN3O3/c1-26(2,3)33-25(31)22(15-19-11-8-12-20(13-19)17-32-4)30-24-21(29-23(27)16-28-24)14-18-9-6-5-7-10-18/h5-13,15-16H,14,17H2,1-4H3,(H,28,30)/b22-15-. The molecule has 3 aromatic rings. The third-order valence-corrected chi connectivity index (χ3v) is 4.86. The van der Waals surface area contributed by atoms with Gasteiger partial charge in [-0.3, -0.25) is 0 Å². The minimum Gasteiger partial charge on any atom is -0.455 e. The molecule has 0 aliphatic rings. The predicted octanol–water partition coefficient (Wildman–Crippen LogP) is 5.77. The van der Waals surface area contributed by atoms with Crippen LogP contribution in [0.4, 0.5) is 5.82 Å². The van der Waals surface area contributed by atoms with Gasteiger partial charge < -0.3 is 14.8 Å². The van der Waals surface area contributed by atoms with Crippen LogP contribution in [0.3, 0.4) is 0 Å². The van der Waals surface area contributed by atoms with Crippen molar-refractivity contribution in [1.82, 2.24) is 9.97 Å². The first-order valence-electron chi connectivity index (χ1n) is 10.6. The largest absolute Gasteiger partial charge is 0.455 e. The molecule has 0 saturated heterocycles. The summed E-state index contributed by atoms with van der Waals surface area (Å²) >= 11 is 3.40. The van der Waals surface area contributed by atoms with E-state index in [4.69, 9.17) is 9.47 Å². The number of methoxy groups -OCH3 is 1. The van der Waals surface area contributed by atoms with Crippen molar-refractivity contribution in [2.24, 2.45) is 0 Å². The zero-order chi connectivity index (χ0) is 23.8. The van der Waals surface area contributed by atoms with Gasteiger partial charge in [-0.25, -0.2) is 14.8 Å². The zero-order valence-electron chi connectivity index (χ0n) is 19.3. The number of hydrogen-bond donors (Lipinski definition) is 1. The molecular weight excluding hydrogens is 482 g/mol. The number of nitrogens with one attached hydrogen (secondary N) is 1. The van der Waals surface area contributed by atoms with Crippen molar-refractivity contribution < 1.29 is 14.3 Å². The minimum atomic E-state index is -0.645. The third-order valence-electron chi connectivity index (χ3n) is 4.47. The maximum atomic E-state index is 13.1. The Kier molecular flexibility index (Phi) is 8.36. The van der Waals surface area contributed by atoms with E-state index in [-0.39, 0.29) is 5.70 Å². The molecule has 0 aliphatic heterocycles. The fraction of sp³-hybridized carbons (Fsp3) is 0.269. The number of rotatable bonds is 8. The third kappa shape index (κ3) is 7.80. The molecule has 0 saturated carbocycles. The SMILES string of the molecule is COCc1cccc(/C=C(\Nc2ncc(Br)nc2Cc2ccccc2)C(=O)OC(C)(C)C)c1. The van der Waals surface area contributed by atoms with Crippen LogP contribution >= 0.6 is 15.9 Å². The number of esters is 1. The van der Waals surface area contributed by atoms with E-state index >= 15 is 0 Å². The Labute approximate surface area is 203 Å². The first-order chi connectivity index (χ1) is 15.7. The summed E-state index contributed by atoms with van der Waals surface area (Å²) in [7, 11) is 1.65. The van der Waals surface area contributed by atoms with Gasteiger partial charge in [-0.1, -0.05) is 48.5 Å². The van der Waals surface area contributed by atoms with Gasteiger partial charge in [-0.05, 0) is 65.5 Å². The Bertz CT molecular complexity index is 1130. The van der Waals surface area contributed by atoms with Gasteiger partial charge in [0.1, 0.15) is 15.9 Å². The number of aromatic nitrogens is 2. The van der Waals surface area contributed by atoms with Crippen LogP contribution in [0.2, 0.25) is 0 Å². The minimum absolute atomic E-state index is 0.269. The number of halogens is 1. The Morgan fingerprint density at radius 2 is 1.82 bits per heavy atom. The lowest BCUT2D eigenvalue weighted by molar-refractivity contribution is -0.149. The molecule has 0 bridgehead atoms. The molecule has 0 amide bonds. The lowest BCUT2D eigenvalue weighted by atomic mass is 10.1. The van der Waals surface area contributed by atoms with E-state index in [1.807, 2.05) is 75.4 Å². The molecule has 0 atom stereocenters. The van der Waals surface area contributed by atoms with E-state index in [0.717, 1.165) is 16.7 Å². The Hall–Kier alpha value is -3.03. The highest BCUT2D eigenvalue weighted by Crippen LogP contribution is 2.22. The highest BCUT2D eigenvalue weighted by Gasteiger charge is 2.22. The second kappa shape index (κ2) is 11.2. The molecule has 2 aromatic carbocycles. The normalized spacial score (nSPS) is 11.8. The van der Waals surface area contributed by atoms with Gasteiger partial charge in [0, 0.05) is 13.5 Å². The van der Waals surface area contributed by atoms with Gasteiger partial charge in [0.15, 0.2) is 5.82 Å². The lowest BCUT2D eigenvalue weighted by Gasteiger charge is -2.21. The van der Waals surface area contributed by atoms with Crippen LogP contribution < -0.4 is 5.32 Å². The lowest BCUT2D eigenvalue weighted by Crippen LogP contribution is -2.27. The van der Waals surface area contributed by atoms with E-state index in [2.05, 4.69) is 31.2 Å². The van der Waals surface area contributed by atoms with Crippen molar-refractivity contribution in [3.63, 3.8) is 0 Å². The summed E-state index contributed by atoms with van der Waals surface area (Å²) < 4.78 is 11.5. The molecule has 33 heavy (non-hydrogen) atoms. The summed E-state index contributed by atoms with van der Waals surface area (Å²) in [4.78, 5) is 22.2. The smallest absolute Gasteiger partial charge is 0.355 e. The maximum Gasteiger partial charge on any atom is 0.355 e. The second-order valence-corrected chi connectivity index (χ2v) is 9.33. The molecule has 1 heterocycles. The molecule has 7 heteroatoms. The van der Waals surface area contributed by atoms with Crippen LogP contribution in [-0.2, 0) is 27.3 Å². The van der Waals surface area contributed by atoms with E-state index in [1.54, 1.807) is 19.4 Å². The molecular formula is C26H28BrN3O3. The molecule has 1 N–H and O–H groups in total. The van der Waals surface area contributed by atoms with Gasteiger partial charge in [0.25, 0.3) is 0 Å². The second-order valence-electron chi connectivity index (χ2n) is 8.51. The monoisotopic (exact) mass is 509 g/mol. The van der Waals surface area contributed by atoms with Crippen LogP contribution in [-0.4, -0.2) is 28.6 Å². The number of nitrogens with zero attached hydrogens (tertiary/aromatic N) is 2. The molecule has 172 valence electrons. The number of ether oxygens (including phenoxy) is 2. The van der Waals surface area contributed by atoms with Crippen LogP contribution in [0.15, 0.2) is 71.1 Å². The van der Waals surface area contributed by atoms with Crippen molar-refractivity contribution in [1.29, 1.82) is 0 Å². The highest BCUT2D eigenvalue weighted by molar-refractivity contribution is 9.10. The molecule has 0 spiro atoms. The van der Waals surface area contributed by atoms with Crippen LogP contribution in [0.1, 0.15) is 43.2 Å². The first kappa shape index (κ1) is 24.6. The molecule has 3 rings (SSSR count). The Morgan fingerprint density at radius 1 is 1.09 bits per heavy atom. The summed E-state index contributed by atoms with van der Waals surface area (Å²) in [6, 6.07) is 17.8. The van der Waals surface area contributed by atoms with Gasteiger partial charge in [-0.15, -0.1) is 0 Å². The fourth-order valence-electron chi connectivity index (χ4n) is 3.13. The van der Waals surface area contributed by atoms with Crippen molar-refractivity contribution in [3.8, 4) is 0 Å². The Balaban J connectivity index is 1.98. The van der Waals surface area contributed by atoms with Crippen LogP contribution in [0, 0.1) is 0 Å². The number of hydrogen-bond acceptors (Lipinski definition) is 6. The number of carbonyl (C=O) groups excluding carboxylic acids is 1. The molecule has 0 fully saturated rings. The quantitative estimate of drug-likeness (QED) is 0.306. The van der Waals surface area contributed by atoms with Crippen molar-refractivity contribution in [3.05, 3.63) is 93.5 Å². The van der Waals surface area contributed by atoms with Gasteiger partial charge >= 0.3 is 5.97 Å². The van der Waals surface area contributed by atoms with E-state index in [1.165, 1.54) is 0 Å². The Morgan fingerprint density at radius 3 is 2.52 bits per heavy atom. The fourth-order valence-corrected chi connectivity index (χ4v) is 3.45. The van der Waals surface area contributed by atoms with Crippen molar-refractivity contribution >= 4 is 33.8 Å². The number of anilines is 1.